The molecule has 0 aliphatic rings. The van der Waals surface area contributed by atoms with Crippen LogP contribution in [0.3, 0.4) is 0 Å². The standard InChI is InChI=1S/C9H9NS.4C2H6/c1-6-3-4-10-8-5-7(2)11-9(6)8;4*1-2/h3-5H,1-2H3;4*1-2H3. The summed E-state index contributed by atoms with van der Waals surface area (Å²) in [5.41, 5.74) is 2.46. The summed E-state index contributed by atoms with van der Waals surface area (Å²) >= 11 is 1.82. The Hall–Kier alpha value is -0.890. The topological polar surface area (TPSA) is 12.9 Å². The van der Waals surface area contributed by atoms with Crippen LogP contribution in [0.5, 0.6) is 0 Å². The van der Waals surface area contributed by atoms with Crippen molar-refractivity contribution < 1.29 is 0 Å². The van der Waals surface area contributed by atoms with Crippen LogP contribution in [0.25, 0.3) is 10.2 Å². The van der Waals surface area contributed by atoms with Gasteiger partial charge >= 0.3 is 0 Å². The van der Waals surface area contributed by atoms with Crippen LogP contribution in [0.4, 0.5) is 0 Å². The Labute approximate surface area is 125 Å². The Balaban J connectivity index is -0.000000278. The van der Waals surface area contributed by atoms with Crippen LogP contribution in [-0.4, -0.2) is 4.98 Å². The highest BCUT2D eigenvalue weighted by Crippen LogP contribution is 2.25. The number of aromatic nitrogens is 1. The zero-order valence-electron chi connectivity index (χ0n) is 14.6. The predicted molar refractivity (Wildman–Crippen MR) is 94.5 cm³/mol. The van der Waals surface area contributed by atoms with Gasteiger partial charge in [0.25, 0.3) is 0 Å². The van der Waals surface area contributed by atoms with Gasteiger partial charge in [-0.3, -0.25) is 4.98 Å². The molecule has 2 heterocycles. The predicted octanol–water partition coefficient (Wildman–Crippen LogP) is 7.02. The van der Waals surface area contributed by atoms with Gasteiger partial charge < -0.3 is 0 Å². The molecule has 0 N–H and O–H groups in total. The first-order valence-electron chi connectivity index (χ1n) is 7.59. The summed E-state index contributed by atoms with van der Waals surface area (Å²) in [4.78, 5) is 5.61. The van der Waals surface area contributed by atoms with Gasteiger partial charge in [0.1, 0.15) is 0 Å². The molecular formula is C17H33NS. The van der Waals surface area contributed by atoms with Crippen molar-refractivity contribution in [1.29, 1.82) is 0 Å². The van der Waals surface area contributed by atoms with E-state index >= 15 is 0 Å². The summed E-state index contributed by atoms with van der Waals surface area (Å²) in [5.74, 6) is 0. The van der Waals surface area contributed by atoms with Crippen molar-refractivity contribution in [2.24, 2.45) is 0 Å². The van der Waals surface area contributed by atoms with E-state index in [2.05, 4.69) is 31.0 Å². The van der Waals surface area contributed by atoms with E-state index in [0.29, 0.717) is 0 Å². The first-order valence-corrected chi connectivity index (χ1v) is 8.41. The molecule has 0 aromatic carbocycles. The first-order chi connectivity index (χ1) is 9.27. The SMILES string of the molecule is CC.CC.CC.CC.Cc1cc2nccc(C)c2s1. The lowest BCUT2D eigenvalue weighted by atomic mass is 10.3. The molecule has 0 saturated carbocycles. The lowest BCUT2D eigenvalue weighted by Gasteiger charge is -1.90. The average Bonchev–Trinajstić information content (AvgIpc) is 2.89. The Morgan fingerprint density at radius 2 is 1.32 bits per heavy atom. The van der Waals surface area contributed by atoms with Gasteiger partial charge in [-0.25, -0.2) is 0 Å². The lowest BCUT2D eigenvalue weighted by Crippen LogP contribution is -1.73. The van der Waals surface area contributed by atoms with E-state index in [1.54, 1.807) is 0 Å². The van der Waals surface area contributed by atoms with E-state index < -0.39 is 0 Å². The highest BCUT2D eigenvalue weighted by atomic mass is 32.1. The number of nitrogens with zero attached hydrogens (tertiary/aromatic N) is 1. The van der Waals surface area contributed by atoms with Crippen LogP contribution in [-0.2, 0) is 0 Å². The third kappa shape index (κ3) is 8.77. The molecule has 2 heteroatoms. The Morgan fingerprint density at radius 1 is 0.842 bits per heavy atom. The molecule has 0 amide bonds. The van der Waals surface area contributed by atoms with Crippen LogP contribution in [0, 0.1) is 13.8 Å². The number of aryl methyl sites for hydroxylation is 2. The highest BCUT2D eigenvalue weighted by molar-refractivity contribution is 7.19. The number of hydrogen-bond donors (Lipinski definition) is 0. The number of rotatable bonds is 0. The van der Waals surface area contributed by atoms with E-state index in [0.717, 1.165) is 5.52 Å². The van der Waals surface area contributed by atoms with Gasteiger partial charge in [0.15, 0.2) is 0 Å². The zero-order valence-corrected chi connectivity index (χ0v) is 15.4. The van der Waals surface area contributed by atoms with Gasteiger partial charge in [-0.2, -0.15) is 0 Å². The second kappa shape index (κ2) is 17.1. The molecule has 0 aliphatic carbocycles. The minimum Gasteiger partial charge on any atom is -0.255 e. The fraction of sp³-hybridized carbons (Fsp3) is 0.588. The first kappa shape index (κ1) is 23.2. The molecule has 1 nitrogen and oxygen atoms in total. The maximum atomic E-state index is 4.27. The fourth-order valence-electron chi connectivity index (χ4n) is 1.18. The summed E-state index contributed by atoms with van der Waals surface area (Å²) in [5, 5.41) is 0. The number of hydrogen-bond acceptors (Lipinski definition) is 2. The minimum absolute atomic E-state index is 1.13. The highest BCUT2D eigenvalue weighted by Gasteiger charge is 2.00. The molecule has 0 bridgehead atoms. The molecular weight excluding hydrogens is 250 g/mol. The van der Waals surface area contributed by atoms with Crippen molar-refractivity contribution in [2.45, 2.75) is 69.2 Å². The maximum absolute atomic E-state index is 4.27. The molecule has 0 atom stereocenters. The molecule has 112 valence electrons. The molecule has 19 heavy (non-hydrogen) atoms. The monoisotopic (exact) mass is 283 g/mol. The number of thiophene rings is 1. The Bertz CT molecular complexity index is 391. The summed E-state index contributed by atoms with van der Waals surface area (Å²) in [7, 11) is 0. The van der Waals surface area contributed by atoms with Crippen molar-refractivity contribution in [1.82, 2.24) is 4.98 Å². The Morgan fingerprint density at radius 3 is 1.74 bits per heavy atom. The van der Waals surface area contributed by atoms with Gasteiger partial charge in [-0.15, -0.1) is 11.3 Å². The van der Waals surface area contributed by atoms with Gasteiger partial charge in [0.05, 0.1) is 10.2 Å². The molecule has 0 fully saturated rings. The van der Waals surface area contributed by atoms with Crippen LogP contribution in [0.1, 0.15) is 65.8 Å². The summed E-state index contributed by atoms with van der Waals surface area (Å²) in [6, 6.07) is 4.19. The van der Waals surface area contributed by atoms with Gasteiger partial charge in [-0.05, 0) is 31.5 Å². The van der Waals surface area contributed by atoms with Gasteiger partial charge in [0, 0.05) is 11.1 Å². The van der Waals surface area contributed by atoms with Gasteiger partial charge in [-0.1, -0.05) is 55.4 Å². The molecule has 0 aliphatic heterocycles. The molecule has 2 aromatic rings. The quantitative estimate of drug-likeness (QED) is 0.506. The van der Waals surface area contributed by atoms with E-state index in [1.165, 1.54) is 15.1 Å². The van der Waals surface area contributed by atoms with Crippen LogP contribution >= 0.6 is 11.3 Å². The summed E-state index contributed by atoms with van der Waals surface area (Å²) < 4.78 is 1.32. The molecule has 0 radical (unpaired) electrons. The van der Waals surface area contributed by atoms with E-state index in [-0.39, 0.29) is 0 Å². The largest absolute Gasteiger partial charge is 0.255 e. The Kier molecular flexibility index (Phi) is 20.9. The van der Waals surface area contributed by atoms with Crippen LogP contribution < -0.4 is 0 Å². The maximum Gasteiger partial charge on any atom is 0.0815 e. The molecule has 0 spiro atoms. The lowest BCUT2D eigenvalue weighted by molar-refractivity contribution is 1.38. The summed E-state index contributed by atoms with van der Waals surface area (Å²) in [6.07, 6.45) is 1.86. The smallest absolute Gasteiger partial charge is 0.0815 e. The fourth-order valence-corrected chi connectivity index (χ4v) is 2.12. The second-order valence-electron chi connectivity index (χ2n) is 2.70. The normalized spacial score (nSPS) is 7.47. The van der Waals surface area contributed by atoms with E-state index in [4.69, 9.17) is 0 Å². The van der Waals surface area contributed by atoms with Gasteiger partial charge in [0.2, 0.25) is 0 Å². The third-order valence-electron chi connectivity index (χ3n) is 1.73. The van der Waals surface area contributed by atoms with Crippen molar-refractivity contribution in [2.75, 3.05) is 0 Å². The minimum atomic E-state index is 1.13. The molecule has 2 aromatic heterocycles. The molecule has 2 rings (SSSR count). The average molecular weight is 284 g/mol. The van der Waals surface area contributed by atoms with E-state index in [9.17, 15) is 0 Å². The van der Waals surface area contributed by atoms with Crippen LogP contribution in [0.15, 0.2) is 18.3 Å². The van der Waals surface area contributed by atoms with E-state index in [1.807, 2.05) is 72.9 Å². The molecule has 0 saturated heterocycles. The van der Waals surface area contributed by atoms with Crippen molar-refractivity contribution in [3.8, 4) is 0 Å². The van der Waals surface area contributed by atoms with Crippen molar-refractivity contribution in [3.63, 3.8) is 0 Å². The van der Waals surface area contributed by atoms with Crippen LogP contribution in [0.2, 0.25) is 0 Å². The third-order valence-corrected chi connectivity index (χ3v) is 2.91. The summed E-state index contributed by atoms with van der Waals surface area (Å²) in [6.45, 7) is 20.2. The molecule has 0 unspecified atom stereocenters. The van der Waals surface area contributed by atoms with Crippen molar-refractivity contribution in [3.05, 3.63) is 28.8 Å². The van der Waals surface area contributed by atoms with Crippen molar-refractivity contribution >= 4 is 21.6 Å². The number of fused-ring (bicyclic) bond motifs is 1. The zero-order chi connectivity index (χ0) is 15.8. The number of pyridine rings is 1. The second-order valence-corrected chi connectivity index (χ2v) is 3.96.